The summed E-state index contributed by atoms with van der Waals surface area (Å²) in [5.74, 6) is 0.392. The van der Waals surface area contributed by atoms with Crippen molar-refractivity contribution in [3.8, 4) is 0 Å². The first-order chi connectivity index (χ1) is 10.8. The minimum Gasteiger partial charge on any atom is -0.383 e. The maximum absolute atomic E-state index is 11.7. The van der Waals surface area contributed by atoms with Gasteiger partial charge in [0.25, 0.3) is 0 Å². The van der Waals surface area contributed by atoms with E-state index in [9.17, 15) is 9.59 Å². The number of nitrogens with one attached hydrogen (secondary N) is 2. The number of nitrogen functional groups attached to an aromatic ring is 2. The Morgan fingerprint density at radius 3 is 1.61 bits per heavy atom. The number of nitrogens with zero attached hydrogens (tertiary/aromatic N) is 4. The van der Waals surface area contributed by atoms with E-state index >= 15 is 0 Å². The van der Waals surface area contributed by atoms with E-state index in [1.807, 2.05) is 13.8 Å². The molecular formula is C13H20N8O2. The van der Waals surface area contributed by atoms with Crippen molar-refractivity contribution in [2.24, 2.45) is 0 Å². The summed E-state index contributed by atoms with van der Waals surface area (Å²) in [7, 11) is 2.97. The highest BCUT2D eigenvalue weighted by molar-refractivity contribution is 5.81. The van der Waals surface area contributed by atoms with Crippen LogP contribution in [0, 0.1) is 0 Å². The first-order valence-electron chi connectivity index (χ1n) is 6.87. The van der Waals surface area contributed by atoms with Gasteiger partial charge in [0.2, 0.25) is 0 Å². The molecule has 6 N–H and O–H groups in total. The SMILES string of the molecule is CNC(=O)n1ncc(C(C)(C)c2cnn(C(=O)NC)c2N)c1N. The first kappa shape index (κ1) is 16.3. The second-order valence-corrected chi connectivity index (χ2v) is 5.45. The van der Waals surface area contributed by atoms with Gasteiger partial charge in [-0.15, -0.1) is 0 Å². The van der Waals surface area contributed by atoms with Gasteiger partial charge in [-0.05, 0) is 0 Å². The Morgan fingerprint density at radius 1 is 0.957 bits per heavy atom. The van der Waals surface area contributed by atoms with Crippen LogP contribution in [0.1, 0.15) is 25.0 Å². The van der Waals surface area contributed by atoms with Crippen LogP contribution in [0.5, 0.6) is 0 Å². The Kier molecular flexibility index (Phi) is 4.00. The normalized spacial score (nSPS) is 11.3. The smallest absolute Gasteiger partial charge is 0.343 e. The lowest BCUT2D eigenvalue weighted by Gasteiger charge is -2.23. The van der Waals surface area contributed by atoms with E-state index in [1.54, 1.807) is 0 Å². The summed E-state index contributed by atoms with van der Waals surface area (Å²) in [4.78, 5) is 23.5. The number of hydrogen-bond donors (Lipinski definition) is 4. The van der Waals surface area contributed by atoms with E-state index in [0.717, 1.165) is 9.36 Å². The molecule has 0 fully saturated rings. The number of rotatable bonds is 2. The van der Waals surface area contributed by atoms with E-state index in [4.69, 9.17) is 11.5 Å². The minimum absolute atomic E-state index is 0.196. The molecule has 0 unspecified atom stereocenters. The van der Waals surface area contributed by atoms with Gasteiger partial charge in [0, 0.05) is 30.6 Å². The molecule has 2 heterocycles. The van der Waals surface area contributed by atoms with E-state index in [1.165, 1.54) is 26.5 Å². The van der Waals surface area contributed by atoms with Crippen LogP contribution in [-0.2, 0) is 5.41 Å². The highest BCUT2D eigenvalue weighted by atomic mass is 16.2. The minimum atomic E-state index is -0.702. The van der Waals surface area contributed by atoms with E-state index in [2.05, 4.69) is 20.8 Å². The summed E-state index contributed by atoms with van der Waals surface area (Å²) >= 11 is 0. The number of anilines is 2. The summed E-state index contributed by atoms with van der Waals surface area (Å²) in [5, 5.41) is 12.9. The maximum Gasteiger partial charge on any atom is 0.343 e. The molecule has 0 aliphatic carbocycles. The standard InChI is InChI=1S/C13H20N8O2/c1-13(2,7-5-18-20(9(7)14)11(22)16-3)8-6-19-21(10(8)15)12(23)17-4/h5-6H,14-15H2,1-4H3,(H,16,22)(H,17,23). The average Bonchev–Trinajstić information content (AvgIpc) is 3.09. The van der Waals surface area contributed by atoms with Gasteiger partial charge in [-0.3, -0.25) is 0 Å². The molecule has 0 saturated heterocycles. The van der Waals surface area contributed by atoms with Gasteiger partial charge in [-0.1, -0.05) is 13.8 Å². The summed E-state index contributed by atoms with van der Waals surface area (Å²) in [6, 6.07) is -0.892. The summed E-state index contributed by atoms with van der Waals surface area (Å²) < 4.78 is 2.13. The zero-order valence-electron chi connectivity index (χ0n) is 13.4. The molecule has 0 aliphatic heterocycles. The summed E-state index contributed by atoms with van der Waals surface area (Å²) in [5.41, 5.74) is 12.6. The van der Waals surface area contributed by atoms with Crippen molar-refractivity contribution in [3.05, 3.63) is 23.5 Å². The fraction of sp³-hybridized carbons (Fsp3) is 0.385. The van der Waals surface area contributed by atoms with Crippen molar-refractivity contribution >= 4 is 23.7 Å². The molecule has 10 nitrogen and oxygen atoms in total. The molecular weight excluding hydrogens is 300 g/mol. The average molecular weight is 320 g/mol. The van der Waals surface area contributed by atoms with Crippen LogP contribution in [0.4, 0.5) is 21.2 Å². The zero-order valence-corrected chi connectivity index (χ0v) is 13.4. The van der Waals surface area contributed by atoms with Crippen LogP contribution in [-0.4, -0.2) is 45.7 Å². The molecule has 2 aromatic heterocycles. The number of carbonyl (C=O) groups excluding carboxylic acids is 2. The summed E-state index contributed by atoms with van der Waals surface area (Å²) in [6.45, 7) is 3.71. The van der Waals surface area contributed by atoms with Crippen molar-refractivity contribution in [2.45, 2.75) is 19.3 Å². The zero-order chi connectivity index (χ0) is 17.4. The van der Waals surface area contributed by atoms with Crippen molar-refractivity contribution in [3.63, 3.8) is 0 Å². The molecule has 124 valence electrons. The molecule has 2 aromatic rings. The maximum atomic E-state index is 11.7. The largest absolute Gasteiger partial charge is 0.383 e. The van der Waals surface area contributed by atoms with Crippen molar-refractivity contribution in [2.75, 3.05) is 25.6 Å². The number of aromatic nitrogens is 4. The molecule has 0 bridgehead atoms. The van der Waals surface area contributed by atoms with Crippen molar-refractivity contribution in [1.29, 1.82) is 0 Å². The van der Waals surface area contributed by atoms with Crippen LogP contribution in [0.3, 0.4) is 0 Å². The number of carbonyl (C=O) groups is 2. The molecule has 0 spiro atoms. The quantitative estimate of drug-likeness (QED) is 0.610. The second-order valence-electron chi connectivity index (χ2n) is 5.45. The summed E-state index contributed by atoms with van der Waals surface area (Å²) in [6.07, 6.45) is 3.00. The van der Waals surface area contributed by atoms with Crippen LogP contribution in [0.2, 0.25) is 0 Å². The van der Waals surface area contributed by atoms with Crippen LogP contribution in [0.25, 0.3) is 0 Å². The van der Waals surface area contributed by atoms with Gasteiger partial charge in [0.05, 0.1) is 12.4 Å². The molecule has 0 saturated carbocycles. The predicted octanol–water partition coefficient (Wildman–Crippen LogP) is -0.0551. The Balaban J connectivity index is 2.51. The fourth-order valence-electron chi connectivity index (χ4n) is 2.36. The molecule has 2 amide bonds. The monoisotopic (exact) mass is 320 g/mol. The molecule has 0 aliphatic rings. The fourth-order valence-corrected chi connectivity index (χ4v) is 2.36. The highest BCUT2D eigenvalue weighted by Crippen LogP contribution is 2.37. The Hall–Kier alpha value is -3.04. The number of amides is 2. The molecule has 10 heteroatoms. The second kappa shape index (κ2) is 5.63. The number of hydrogen-bond acceptors (Lipinski definition) is 6. The molecule has 23 heavy (non-hydrogen) atoms. The molecule has 0 aromatic carbocycles. The number of nitrogens with two attached hydrogens (primary N) is 2. The van der Waals surface area contributed by atoms with E-state index < -0.39 is 17.5 Å². The molecule has 2 rings (SSSR count). The third-order valence-electron chi connectivity index (χ3n) is 3.77. The van der Waals surface area contributed by atoms with Gasteiger partial charge in [-0.2, -0.15) is 19.6 Å². The lowest BCUT2D eigenvalue weighted by atomic mass is 9.80. The third-order valence-corrected chi connectivity index (χ3v) is 3.77. The van der Waals surface area contributed by atoms with Gasteiger partial charge < -0.3 is 22.1 Å². The predicted molar refractivity (Wildman–Crippen MR) is 85.1 cm³/mol. The van der Waals surface area contributed by atoms with Gasteiger partial charge in [0.15, 0.2) is 0 Å². The van der Waals surface area contributed by atoms with E-state index in [-0.39, 0.29) is 11.6 Å². The van der Waals surface area contributed by atoms with Gasteiger partial charge >= 0.3 is 12.1 Å². The first-order valence-corrected chi connectivity index (χ1v) is 6.87. The highest BCUT2D eigenvalue weighted by Gasteiger charge is 2.33. The van der Waals surface area contributed by atoms with Crippen molar-refractivity contribution in [1.82, 2.24) is 30.2 Å². The van der Waals surface area contributed by atoms with Crippen LogP contribution >= 0.6 is 0 Å². The van der Waals surface area contributed by atoms with E-state index in [0.29, 0.717) is 11.1 Å². The topological polar surface area (TPSA) is 146 Å². The lowest BCUT2D eigenvalue weighted by molar-refractivity contribution is 0.241. The molecule has 0 radical (unpaired) electrons. The Morgan fingerprint density at radius 2 is 1.30 bits per heavy atom. The third kappa shape index (κ3) is 2.47. The van der Waals surface area contributed by atoms with Crippen LogP contribution in [0.15, 0.2) is 12.4 Å². The Labute approximate surface area is 132 Å². The van der Waals surface area contributed by atoms with Gasteiger partial charge in [0.1, 0.15) is 11.6 Å². The van der Waals surface area contributed by atoms with Gasteiger partial charge in [-0.25, -0.2) is 9.59 Å². The Bertz CT molecular complexity index is 696. The lowest BCUT2D eigenvalue weighted by Crippen LogP contribution is -2.29. The van der Waals surface area contributed by atoms with Crippen molar-refractivity contribution < 1.29 is 9.59 Å². The van der Waals surface area contributed by atoms with Crippen LogP contribution < -0.4 is 22.1 Å². The molecule has 0 atom stereocenters.